The Morgan fingerprint density at radius 3 is 2.86 bits per heavy atom. The molecule has 2 heterocycles. The molecular weight excluding hydrogens is 390 g/mol. The number of ether oxygens (including phenoxy) is 1. The van der Waals surface area contributed by atoms with E-state index in [0.29, 0.717) is 48.1 Å². The van der Waals surface area contributed by atoms with E-state index < -0.39 is 0 Å². The molecule has 2 amide bonds. The Balaban J connectivity index is 1.64. The van der Waals surface area contributed by atoms with E-state index >= 15 is 0 Å². The Kier molecular flexibility index (Phi) is 7.12. The molecule has 2 aromatic rings. The van der Waals surface area contributed by atoms with Crippen LogP contribution in [0.15, 0.2) is 36.5 Å². The second kappa shape index (κ2) is 9.76. The summed E-state index contributed by atoms with van der Waals surface area (Å²) in [7, 11) is 0. The van der Waals surface area contributed by atoms with Gasteiger partial charge in [0, 0.05) is 31.0 Å². The number of carbonyl (C=O) groups excluding carboxylic acids is 1. The Morgan fingerprint density at radius 2 is 2.21 bits per heavy atom. The number of hydrogen-bond acceptors (Lipinski definition) is 4. The standard InChI is InChI=1S/C22H26ClN3O3/c1-3-10-29-20-12-18(5-4-15(20)2)25-22(28)26-8-6-17(7-9-26)21-19(23)11-16(14-27)13-24-21/h4-6,11-13,27H,3,7-10,14H2,1-2H3,(H,25,28). The lowest BCUT2D eigenvalue weighted by Crippen LogP contribution is -2.38. The van der Waals surface area contributed by atoms with E-state index in [-0.39, 0.29) is 12.6 Å². The van der Waals surface area contributed by atoms with Crippen LogP contribution in [-0.4, -0.2) is 40.7 Å². The fourth-order valence-corrected chi connectivity index (χ4v) is 3.43. The number of nitrogens with zero attached hydrogens (tertiary/aromatic N) is 2. The first kappa shape index (κ1) is 21.1. The van der Waals surface area contributed by atoms with Gasteiger partial charge in [-0.25, -0.2) is 4.79 Å². The molecule has 2 N–H and O–H groups in total. The van der Waals surface area contributed by atoms with Crippen molar-refractivity contribution < 1.29 is 14.6 Å². The second-order valence-electron chi connectivity index (χ2n) is 7.02. The predicted octanol–water partition coefficient (Wildman–Crippen LogP) is 4.65. The zero-order valence-corrected chi connectivity index (χ0v) is 17.5. The number of rotatable bonds is 6. The highest BCUT2D eigenvalue weighted by atomic mass is 35.5. The molecule has 29 heavy (non-hydrogen) atoms. The lowest BCUT2D eigenvalue weighted by atomic mass is 10.0. The van der Waals surface area contributed by atoms with Crippen LogP contribution in [0.4, 0.5) is 10.5 Å². The van der Waals surface area contributed by atoms with Crippen LogP contribution in [0.3, 0.4) is 0 Å². The number of benzene rings is 1. The fraction of sp³-hybridized carbons (Fsp3) is 0.364. The van der Waals surface area contributed by atoms with Crippen molar-refractivity contribution in [3.8, 4) is 5.75 Å². The first-order chi connectivity index (χ1) is 14.0. The summed E-state index contributed by atoms with van der Waals surface area (Å²) in [5.74, 6) is 0.789. The van der Waals surface area contributed by atoms with E-state index in [0.717, 1.165) is 23.3 Å². The summed E-state index contributed by atoms with van der Waals surface area (Å²) in [6, 6.07) is 7.25. The number of hydrogen-bond donors (Lipinski definition) is 2. The third kappa shape index (κ3) is 5.28. The van der Waals surface area contributed by atoms with Crippen LogP contribution in [0.1, 0.15) is 36.6 Å². The van der Waals surface area contributed by atoms with Gasteiger partial charge < -0.3 is 20.1 Å². The second-order valence-corrected chi connectivity index (χ2v) is 7.42. The first-order valence-corrected chi connectivity index (χ1v) is 10.1. The Hall–Kier alpha value is -2.57. The lowest BCUT2D eigenvalue weighted by Gasteiger charge is -2.27. The number of aliphatic hydroxyl groups excluding tert-OH is 1. The molecule has 0 bridgehead atoms. The average molecular weight is 416 g/mol. The lowest BCUT2D eigenvalue weighted by molar-refractivity contribution is 0.217. The molecule has 1 aromatic carbocycles. The molecule has 0 unspecified atom stereocenters. The van der Waals surface area contributed by atoms with Crippen molar-refractivity contribution in [3.63, 3.8) is 0 Å². The zero-order chi connectivity index (χ0) is 20.8. The molecular formula is C22H26ClN3O3. The number of aliphatic hydroxyl groups is 1. The summed E-state index contributed by atoms with van der Waals surface area (Å²) in [5, 5.41) is 12.6. The number of urea groups is 1. The van der Waals surface area contributed by atoms with Crippen LogP contribution in [0, 0.1) is 6.92 Å². The fourth-order valence-electron chi connectivity index (χ4n) is 3.12. The van der Waals surface area contributed by atoms with E-state index in [1.54, 1.807) is 17.2 Å². The molecule has 0 atom stereocenters. The Labute approximate surface area is 176 Å². The number of aromatic nitrogens is 1. The van der Waals surface area contributed by atoms with Gasteiger partial charge >= 0.3 is 6.03 Å². The number of pyridine rings is 1. The van der Waals surface area contributed by atoms with Gasteiger partial charge in [0.2, 0.25) is 0 Å². The van der Waals surface area contributed by atoms with Crippen molar-refractivity contribution in [1.82, 2.24) is 9.88 Å². The monoisotopic (exact) mass is 415 g/mol. The molecule has 0 saturated heterocycles. The van der Waals surface area contributed by atoms with E-state index in [2.05, 4.69) is 17.2 Å². The van der Waals surface area contributed by atoms with Gasteiger partial charge in [0.05, 0.1) is 23.9 Å². The normalized spacial score (nSPS) is 13.8. The van der Waals surface area contributed by atoms with Gasteiger partial charge in [-0.2, -0.15) is 0 Å². The quantitative estimate of drug-likeness (QED) is 0.720. The molecule has 154 valence electrons. The molecule has 0 saturated carbocycles. The van der Waals surface area contributed by atoms with Gasteiger partial charge in [0.1, 0.15) is 5.75 Å². The van der Waals surface area contributed by atoms with Crippen molar-refractivity contribution in [1.29, 1.82) is 0 Å². The van der Waals surface area contributed by atoms with E-state index in [9.17, 15) is 9.90 Å². The van der Waals surface area contributed by atoms with Gasteiger partial charge in [0.15, 0.2) is 0 Å². The molecule has 3 rings (SSSR count). The number of nitrogens with one attached hydrogen (secondary N) is 1. The van der Waals surface area contributed by atoms with E-state index in [4.69, 9.17) is 16.3 Å². The highest BCUT2D eigenvalue weighted by Crippen LogP contribution is 2.28. The van der Waals surface area contributed by atoms with Crippen molar-refractivity contribution in [2.45, 2.75) is 33.3 Å². The van der Waals surface area contributed by atoms with Crippen molar-refractivity contribution >= 4 is 28.9 Å². The van der Waals surface area contributed by atoms with E-state index in [1.165, 1.54) is 0 Å². The van der Waals surface area contributed by atoms with Gasteiger partial charge in [0.25, 0.3) is 0 Å². The third-order valence-electron chi connectivity index (χ3n) is 4.78. The number of aryl methyl sites for hydroxylation is 1. The van der Waals surface area contributed by atoms with Gasteiger partial charge in [-0.05, 0) is 48.6 Å². The minimum absolute atomic E-state index is 0.0930. The first-order valence-electron chi connectivity index (χ1n) is 9.76. The zero-order valence-electron chi connectivity index (χ0n) is 16.7. The predicted molar refractivity (Wildman–Crippen MR) is 115 cm³/mol. The molecule has 0 aliphatic carbocycles. The Morgan fingerprint density at radius 1 is 1.38 bits per heavy atom. The van der Waals surface area contributed by atoms with Gasteiger partial charge in [-0.3, -0.25) is 4.98 Å². The van der Waals surface area contributed by atoms with Crippen LogP contribution >= 0.6 is 11.6 Å². The van der Waals surface area contributed by atoms with Crippen LogP contribution < -0.4 is 10.1 Å². The van der Waals surface area contributed by atoms with Crippen LogP contribution in [0.25, 0.3) is 5.57 Å². The van der Waals surface area contributed by atoms with Crippen molar-refractivity contribution in [3.05, 3.63) is 58.4 Å². The van der Waals surface area contributed by atoms with Crippen LogP contribution in [0.2, 0.25) is 5.02 Å². The van der Waals surface area contributed by atoms with Gasteiger partial charge in [-0.1, -0.05) is 30.7 Å². The Bertz CT molecular complexity index is 914. The summed E-state index contributed by atoms with van der Waals surface area (Å²) in [4.78, 5) is 18.7. The van der Waals surface area contributed by atoms with Crippen LogP contribution in [-0.2, 0) is 6.61 Å². The molecule has 0 radical (unpaired) electrons. The van der Waals surface area contributed by atoms with Crippen LogP contribution in [0.5, 0.6) is 5.75 Å². The molecule has 1 aliphatic heterocycles. The summed E-state index contributed by atoms with van der Waals surface area (Å²) in [5.41, 5.74) is 4.15. The minimum atomic E-state index is -0.153. The summed E-state index contributed by atoms with van der Waals surface area (Å²) in [6.07, 6.45) is 5.19. The van der Waals surface area contributed by atoms with Crippen molar-refractivity contribution in [2.75, 3.05) is 25.0 Å². The minimum Gasteiger partial charge on any atom is -0.493 e. The summed E-state index contributed by atoms with van der Waals surface area (Å²) < 4.78 is 5.73. The largest absolute Gasteiger partial charge is 0.493 e. The number of halogens is 1. The maximum atomic E-state index is 12.6. The third-order valence-corrected chi connectivity index (χ3v) is 5.07. The summed E-state index contributed by atoms with van der Waals surface area (Å²) >= 11 is 6.29. The molecule has 7 heteroatoms. The molecule has 1 aromatic heterocycles. The SMILES string of the molecule is CCCOc1cc(NC(=O)N2CC=C(c3ncc(CO)cc3Cl)CC2)ccc1C. The van der Waals surface area contributed by atoms with E-state index in [1.807, 2.05) is 31.2 Å². The maximum absolute atomic E-state index is 12.6. The topological polar surface area (TPSA) is 74.7 Å². The highest BCUT2D eigenvalue weighted by Gasteiger charge is 2.20. The molecule has 0 fully saturated rings. The van der Waals surface area contributed by atoms with Crippen molar-refractivity contribution in [2.24, 2.45) is 0 Å². The maximum Gasteiger partial charge on any atom is 0.322 e. The molecule has 0 spiro atoms. The molecule has 6 nitrogen and oxygen atoms in total. The summed E-state index contributed by atoms with van der Waals surface area (Å²) in [6.45, 7) is 5.65. The number of anilines is 1. The smallest absolute Gasteiger partial charge is 0.322 e. The average Bonchev–Trinajstić information content (AvgIpc) is 2.74. The number of amides is 2. The molecule has 1 aliphatic rings. The van der Waals surface area contributed by atoms with Gasteiger partial charge in [-0.15, -0.1) is 0 Å². The highest BCUT2D eigenvalue weighted by molar-refractivity contribution is 6.32. The number of carbonyl (C=O) groups is 1.